The topological polar surface area (TPSA) is 0 Å². The second kappa shape index (κ2) is 5.95. The Hall–Kier alpha value is -1.91. The van der Waals surface area contributed by atoms with Crippen molar-refractivity contribution in [1.82, 2.24) is 0 Å². The fourth-order valence-electron chi connectivity index (χ4n) is 3.20. The van der Waals surface area contributed by atoms with E-state index in [2.05, 4.69) is 0 Å². The summed E-state index contributed by atoms with van der Waals surface area (Å²) in [6, 6.07) is 2.94. The molecule has 3 rings (SSSR count). The van der Waals surface area contributed by atoms with E-state index in [1.54, 1.807) is 6.92 Å². The zero-order valence-corrected chi connectivity index (χ0v) is 12.6. The zero-order chi connectivity index (χ0) is 16.7. The molecule has 122 valence electrons. The summed E-state index contributed by atoms with van der Waals surface area (Å²) in [6.07, 6.45) is 0.685. The van der Waals surface area contributed by atoms with Gasteiger partial charge in [-0.3, -0.25) is 4.39 Å². The summed E-state index contributed by atoms with van der Waals surface area (Å²) >= 11 is 0. The van der Waals surface area contributed by atoms with Gasteiger partial charge in [0.2, 0.25) is 0 Å². The number of fused-ring (bicyclic) bond motifs is 3. The first-order chi connectivity index (χ1) is 11.0. The zero-order valence-electron chi connectivity index (χ0n) is 12.6. The smallest absolute Gasteiger partial charge is 0.167 e. The van der Waals surface area contributed by atoms with Crippen LogP contribution in [0.3, 0.4) is 0 Å². The van der Waals surface area contributed by atoms with Crippen LogP contribution in [0.1, 0.15) is 35.6 Å². The van der Waals surface area contributed by atoms with Crippen molar-refractivity contribution in [2.24, 2.45) is 0 Å². The Morgan fingerprint density at radius 3 is 1.87 bits per heavy atom. The van der Waals surface area contributed by atoms with Crippen LogP contribution in [-0.2, 0) is 19.3 Å². The van der Waals surface area contributed by atoms with Gasteiger partial charge in [-0.2, -0.15) is 0 Å². The van der Waals surface area contributed by atoms with Gasteiger partial charge >= 0.3 is 0 Å². The highest BCUT2D eigenvalue weighted by molar-refractivity contribution is 5.78. The van der Waals surface area contributed by atoms with Crippen LogP contribution in [-0.4, -0.2) is 6.67 Å². The van der Waals surface area contributed by atoms with Crippen LogP contribution in [0.4, 0.5) is 22.0 Å². The van der Waals surface area contributed by atoms with Gasteiger partial charge in [-0.25, -0.2) is 17.6 Å². The maximum Gasteiger partial charge on any atom is 0.167 e. The molecular formula is C18H15F5. The molecule has 0 nitrogen and oxygen atoms in total. The lowest BCUT2D eigenvalue weighted by Gasteiger charge is -2.10. The molecule has 0 radical (unpaired) electrons. The van der Waals surface area contributed by atoms with Crippen molar-refractivity contribution >= 4 is 0 Å². The first kappa shape index (κ1) is 16.0. The average Bonchev–Trinajstić information content (AvgIpc) is 2.91. The van der Waals surface area contributed by atoms with Crippen molar-refractivity contribution in [3.63, 3.8) is 0 Å². The predicted octanol–water partition coefficient (Wildman–Crippen LogP) is 5.28. The van der Waals surface area contributed by atoms with Crippen LogP contribution in [0.5, 0.6) is 0 Å². The van der Waals surface area contributed by atoms with Gasteiger partial charge in [0, 0.05) is 11.1 Å². The minimum atomic E-state index is -1.18. The number of aryl methyl sites for hydroxylation is 2. The fraction of sp³-hybridized carbons (Fsp3) is 0.333. The lowest BCUT2D eigenvalue weighted by molar-refractivity contribution is 0.460. The molecule has 0 aliphatic heterocycles. The maximum atomic E-state index is 14.4. The second-order valence-electron chi connectivity index (χ2n) is 5.72. The Morgan fingerprint density at radius 1 is 0.826 bits per heavy atom. The molecule has 2 aromatic rings. The summed E-state index contributed by atoms with van der Waals surface area (Å²) in [7, 11) is 0. The largest absolute Gasteiger partial charge is 0.251 e. The number of rotatable bonds is 4. The fourth-order valence-corrected chi connectivity index (χ4v) is 3.20. The normalized spacial score (nSPS) is 12.4. The number of halogens is 5. The average molecular weight is 326 g/mol. The lowest BCUT2D eigenvalue weighted by atomic mass is 9.98. The summed E-state index contributed by atoms with van der Waals surface area (Å²) < 4.78 is 69.1. The van der Waals surface area contributed by atoms with Gasteiger partial charge in [-0.05, 0) is 47.9 Å². The third kappa shape index (κ3) is 2.42. The van der Waals surface area contributed by atoms with Crippen LogP contribution < -0.4 is 0 Å². The van der Waals surface area contributed by atoms with Gasteiger partial charge in [0.1, 0.15) is 0 Å². The number of hydrogen-bond donors (Lipinski definition) is 0. The molecule has 2 aromatic carbocycles. The molecule has 0 N–H and O–H groups in total. The standard InChI is InChI=1S/C18H15F5/c1-2-9-6-11-8-12-7-10(4-3-5-19)16(21)18(23)14(12)13(11)17(22)15(9)20/h6-7H,2-5,8H2,1H3. The third-order valence-electron chi connectivity index (χ3n) is 4.32. The Morgan fingerprint density at radius 2 is 1.35 bits per heavy atom. The van der Waals surface area contributed by atoms with E-state index in [0.717, 1.165) is 0 Å². The number of benzene rings is 2. The van der Waals surface area contributed by atoms with E-state index >= 15 is 0 Å². The first-order valence-corrected chi connectivity index (χ1v) is 7.55. The molecule has 0 spiro atoms. The predicted molar refractivity (Wildman–Crippen MR) is 78.2 cm³/mol. The molecule has 0 heterocycles. The molecule has 0 aromatic heterocycles. The van der Waals surface area contributed by atoms with Gasteiger partial charge in [0.25, 0.3) is 0 Å². The van der Waals surface area contributed by atoms with Crippen LogP contribution in [0.25, 0.3) is 11.1 Å². The lowest BCUT2D eigenvalue weighted by Crippen LogP contribution is -2.01. The minimum Gasteiger partial charge on any atom is -0.251 e. The quantitative estimate of drug-likeness (QED) is 0.572. The van der Waals surface area contributed by atoms with Crippen molar-refractivity contribution in [3.05, 3.63) is 57.7 Å². The first-order valence-electron chi connectivity index (χ1n) is 7.55. The van der Waals surface area contributed by atoms with E-state index in [0.29, 0.717) is 17.5 Å². The summed E-state index contributed by atoms with van der Waals surface area (Å²) in [5.41, 5.74) is 0.760. The summed E-state index contributed by atoms with van der Waals surface area (Å²) in [4.78, 5) is 0. The van der Waals surface area contributed by atoms with Gasteiger partial charge in [-0.15, -0.1) is 0 Å². The van der Waals surface area contributed by atoms with E-state index in [1.807, 2.05) is 0 Å². The summed E-state index contributed by atoms with van der Waals surface area (Å²) in [5.74, 6) is -4.43. The molecular weight excluding hydrogens is 311 g/mol. The Balaban J connectivity index is 2.19. The molecule has 0 saturated heterocycles. The van der Waals surface area contributed by atoms with Crippen LogP contribution in [0.15, 0.2) is 12.1 Å². The van der Waals surface area contributed by atoms with E-state index in [9.17, 15) is 22.0 Å². The van der Waals surface area contributed by atoms with Crippen molar-refractivity contribution < 1.29 is 22.0 Å². The van der Waals surface area contributed by atoms with Crippen molar-refractivity contribution in [2.45, 2.75) is 32.6 Å². The van der Waals surface area contributed by atoms with Crippen LogP contribution >= 0.6 is 0 Å². The van der Waals surface area contributed by atoms with Crippen LogP contribution in [0, 0.1) is 23.3 Å². The van der Waals surface area contributed by atoms with Crippen LogP contribution in [0.2, 0.25) is 0 Å². The number of hydrogen-bond acceptors (Lipinski definition) is 0. The van der Waals surface area contributed by atoms with Gasteiger partial charge in [0.05, 0.1) is 6.67 Å². The summed E-state index contributed by atoms with van der Waals surface area (Å²) in [5, 5.41) is 0. The molecule has 0 fully saturated rings. The van der Waals surface area contributed by atoms with E-state index in [-0.39, 0.29) is 41.5 Å². The molecule has 0 atom stereocenters. The van der Waals surface area contributed by atoms with E-state index in [4.69, 9.17) is 0 Å². The van der Waals surface area contributed by atoms with Crippen molar-refractivity contribution in [2.75, 3.05) is 6.67 Å². The minimum absolute atomic E-state index is 0.0694. The molecule has 0 saturated carbocycles. The second-order valence-corrected chi connectivity index (χ2v) is 5.72. The molecule has 0 bridgehead atoms. The summed E-state index contributed by atoms with van der Waals surface area (Å²) in [6.45, 7) is 1.07. The Kier molecular flexibility index (Phi) is 4.13. The maximum absolute atomic E-state index is 14.4. The molecule has 0 unspecified atom stereocenters. The monoisotopic (exact) mass is 326 g/mol. The SMILES string of the molecule is CCc1cc2c(c(F)c1F)-c1c(cc(CCCF)c(F)c1F)C2. The highest BCUT2D eigenvalue weighted by Gasteiger charge is 2.31. The molecule has 1 aliphatic rings. The van der Waals surface area contributed by atoms with E-state index in [1.165, 1.54) is 12.1 Å². The third-order valence-corrected chi connectivity index (χ3v) is 4.32. The Labute approximate surface area is 130 Å². The van der Waals surface area contributed by atoms with Gasteiger partial charge < -0.3 is 0 Å². The molecule has 5 heteroatoms. The van der Waals surface area contributed by atoms with Gasteiger partial charge in [-0.1, -0.05) is 19.1 Å². The highest BCUT2D eigenvalue weighted by atomic mass is 19.2. The number of alkyl halides is 1. The molecule has 23 heavy (non-hydrogen) atoms. The van der Waals surface area contributed by atoms with Gasteiger partial charge in [0.15, 0.2) is 23.3 Å². The molecule has 1 aliphatic carbocycles. The Bertz CT molecular complexity index is 780. The van der Waals surface area contributed by atoms with E-state index < -0.39 is 29.9 Å². The highest BCUT2D eigenvalue weighted by Crippen LogP contribution is 2.43. The molecule has 0 amide bonds. The van der Waals surface area contributed by atoms with Crippen molar-refractivity contribution in [1.29, 1.82) is 0 Å². The van der Waals surface area contributed by atoms with Crippen molar-refractivity contribution in [3.8, 4) is 11.1 Å².